The number of hydrogen-bond donors (Lipinski definition) is 0. The van der Waals surface area contributed by atoms with E-state index in [0.717, 1.165) is 38.4 Å². The molecule has 0 radical (unpaired) electrons. The maximum atomic E-state index is 8.72. The van der Waals surface area contributed by atoms with E-state index in [-0.39, 0.29) is 12.2 Å². The van der Waals surface area contributed by atoms with Crippen LogP contribution in [0, 0.1) is 11.3 Å². The minimum absolute atomic E-state index is 0.105. The van der Waals surface area contributed by atoms with Crippen molar-refractivity contribution in [1.82, 2.24) is 10.2 Å². The Morgan fingerprint density at radius 2 is 2.11 bits per heavy atom. The normalized spacial score (nSPS) is 27.2. The second-order valence-corrected chi connectivity index (χ2v) is 4.80. The lowest BCUT2D eigenvalue weighted by Gasteiger charge is -2.35. The summed E-state index contributed by atoms with van der Waals surface area (Å²) in [5.41, 5.74) is 0.340. The van der Waals surface area contributed by atoms with Crippen molar-refractivity contribution in [3.63, 3.8) is 0 Å². The van der Waals surface area contributed by atoms with Crippen LogP contribution in [-0.4, -0.2) is 48.7 Å². The van der Waals surface area contributed by atoms with E-state index in [2.05, 4.69) is 15.1 Å². The molecule has 2 fully saturated rings. The van der Waals surface area contributed by atoms with Gasteiger partial charge in [0.2, 0.25) is 0 Å². The highest BCUT2D eigenvalue weighted by molar-refractivity contribution is 5.39. The molecule has 100 valence electrons. The second-order valence-electron chi connectivity index (χ2n) is 4.80. The molecule has 1 aromatic heterocycles. The average molecular weight is 260 g/mol. The Morgan fingerprint density at radius 3 is 2.79 bits per heavy atom. The number of aromatic nitrogens is 2. The van der Waals surface area contributed by atoms with Gasteiger partial charge in [-0.2, -0.15) is 5.26 Å². The Balaban J connectivity index is 1.68. The molecule has 2 unspecified atom stereocenters. The van der Waals surface area contributed by atoms with Crippen molar-refractivity contribution in [1.29, 1.82) is 5.26 Å². The molecule has 2 atom stereocenters. The van der Waals surface area contributed by atoms with Gasteiger partial charge in [0.1, 0.15) is 12.2 Å². The SMILES string of the molecule is N#Cc1ccc(N2CCOC(C3CCCO3)C2)nn1. The summed E-state index contributed by atoms with van der Waals surface area (Å²) in [6.45, 7) is 3.07. The predicted molar refractivity (Wildman–Crippen MR) is 67.7 cm³/mol. The van der Waals surface area contributed by atoms with Crippen molar-refractivity contribution in [2.45, 2.75) is 25.0 Å². The van der Waals surface area contributed by atoms with Gasteiger partial charge in [0.25, 0.3) is 0 Å². The van der Waals surface area contributed by atoms with E-state index in [1.165, 1.54) is 0 Å². The van der Waals surface area contributed by atoms with E-state index in [4.69, 9.17) is 14.7 Å². The maximum Gasteiger partial charge on any atom is 0.163 e. The zero-order chi connectivity index (χ0) is 13.1. The molecule has 2 aliphatic heterocycles. The van der Waals surface area contributed by atoms with Gasteiger partial charge < -0.3 is 14.4 Å². The number of nitriles is 1. The highest BCUT2D eigenvalue weighted by Crippen LogP contribution is 2.23. The van der Waals surface area contributed by atoms with Crippen LogP contribution >= 0.6 is 0 Å². The lowest BCUT2D eigenvalue weighted by atomic mass is 10.1. The first-order chi connectivity index (χ1) is 9.36. The highest BCUT2D eigenvalue weighted by Gasteiger charge is 2.31. The van der Waals surface area contributed by atoms with Crippen LogP contribution in [0.4, 0.5) is 5.82 Å². The summed E-state index contributed by atoms with van der Waals surface area (Å²) in [6.07, 6.45) is 2.49. The first kappa shape index (κ1) is 12.3. The third-order valence-corrected chi connectivity index (χ3v) is 3.56. The fourth-order valence-corrected chi connectivity index (χ4v) is 2.56. The van der Waals surface area contributed by atoms with E-state index in [1.54, 1.807) is 6.07 Å². The van der Waals surface area contributed by atoms with Gasteiger partial charge >= 0.3 is 0 Å². The van der Waals surface area contributed by atoms with Crippen LogP contribution in [-0.2, 0) is 9.47 Å². The van der Waals surface area contributed by atoms with Crippen molar-refractivity contribution >= 4 is 5.82 Å². The first-order valence-electron chi connectivity index (χ1n) is 6.59. The molecule has 3 rings (SSSR count). The summed E-state index contributed by atoms with van der Waals surface area (Å²) in [4.78, 5) is 2.14. The van der Waals surface area contributed by atoms with Gasteiger partial charge in [-0.1, -0.05) is 0 Å². The number of ether oxygens (including phenoxy) is 2. The minimum atomic E-state index is 0.105. The standard InChI is InChI=1S/C13H16N4O2/c14-8-10-3-4-13(16-15-10)17-5-7-19-12(9-17)11-2-1-6-18-11/h3-4,11-12H,1-2,5-7,9H2. The summed E-state index contributed by atoms with van der Waals surface area (Å²) in [5.74, 6) is 0.797. The topological polar surface area (TPSA) is 71.3 Å². The number of morpholine rings is 1. The van der Waals surface area contributed by atoms with E-state index in [9.17, 15) is 0 Å². The van der Waals surface area contributed by atoms with Crippen LogP contribution in [0.25, 0.3) is 0 Å². The van der Waals surface area contributed by atoms with Crippen molar-refractivity contribution in [3.05, 3.63) is 17.8 Å². The fraction of sp³-hybridized carbons (Fsp3) is 0.615. The molecule has 0 bridgehead atoms. The van der Waals surface area contributed by atoms with Gasteiger partial charge in [-0.25, -0.2) is 0 Å². The molecule has 6 heteroatoms. The molecule has 0 spiro atoms. The Kier molecular flexibility index (Phi) is 3.58. The van der Waals surface area contributed by atoms with Gasteiger partial charge in [-0.3, -0.25) is 0 Å². The molecule has 0 N–H and O–H groups in total. The predicted octanol–water partition coefficient (Wildman–Crippen LogP) is 0.732. The molecule has 1 aromatic rings. The largest absolute Gasteiger partial charge is 0.375 e. The molecule has 2 aliphatic rings. The molecule has 0 saturated carbocycles. The second kappa shape index (κ2) is 5.51. The van der Waals surface area contributed by atoms with Gasteiger partial charge in [-0.15, -0.1) is 10.2 Å². The Morgan fingerprint density at radius 1 is 1.21 bits per heavy atom. The van der Waals surface area contributed by atoms with E-state index < -0.39 is 0 Å². The zero-order valence-electron chi connectivity index (χ0n) is 10.7. The first-order valence-corrected chi connectivity index (χ1v) is 6.59. The van der Waals surface area contributed by atoms with Crippen LogP contribution in [0.1, 0.15) is 18.5 Å². The van der Waals surface area contributed by atoms with E-state index >= 15 is 0 Å². The molecule has 19 heavy (non-hydrogen) atoms. The molecule has 3 heterocycles. The lowest BCUT2D eigenvalue weighted by Crippen LogP contribution is -2.48. The van der Waals surface area contributed by atoms with Gasteiger partial charge in [-0.05, 0) is 25.0 Å². The van der Waals surface area contributed by atoms with Crippen molar-refractivity contribution in [3.8, 4) is 6.07 Å². The summed E-state index contributed by atoms with van der Waals surface area (Å²) in [6, 6.07) is 5.50. The molecule has 0 aliphatic carbocycles. The number of hydrogen-bond acceptors (Lipinski definition) is 6. The van der Waals surface area contributed by atoms with Crippen molar-refractivity contribution in [2.75, 3.05) is 31.2 Å². The Hall–Kier alpha value is -1.71. The van der Waals surface area contributed by atoms with Crippen molar-refractivity contribution in [2.24, 2.45) is 0 Å². The van der Waals surface area contributed by atoms with E-state index in [1.807, 2.05) is 12.1 Å². The number of rotatable bonds is 2. The van der Waals surface area contributed by atoms with Crippen LogP contribution in [0.15, 0.2) is 12.1 Å². The number of anilines is 1. The molecular weight excluding hydrogens is 244 g/mol. The van der Waals surface area contributed by atoms with Crippen LogP contribution in [0.2, 0.25) is 0 Å². The molecular formula is C13H16N4O2. The monoisotopic (exact) mass is 260 g/mol. The minimum Gasteiger partial charge on any atom is -0.375 e. The molecule has 2 saturated heterocycles. The zero-order valence-corrected chi connectivity index (χ0v) is 10.7. The summed E-state index contributed by atoms with van der Waals surface area (Å²) in [5, 5.41) is 16.7. The molecule has 6 nitrogen and oxygen atoms in total. The summed E-state index contributed by atoms with van der Waals surface area (Å²) in [7, 11) is 0. The third-order valence-electron chi connectivity index (χ3n) is 3.56. The number of nitrogens with zero attached hydrogens (tertiary/aromatic N) is 4. The van der Waals surface area contributed by atoms with Crippen LogP contribution in [0.5, 0.6) is 0 Å². The van der Waals surface area contributed by atoms with E-state index in [0.29, 0.717) is 12.3 Å². The quantitative estimate of drug-likeness (QED) is 0.780. The highest BCUT2D eigenvalue weighted by atomic mass is 16.5. The Labute approximate surface area is 111 Å². The van der Waals surface area contributed by atoms with Crippen LogP contribution in [0.3, 0.4) is 0 Å². The van der Waals surface area contributed by atoms with Gasteiger partial charge in [0.15, 0.2) is 11.5 Å². The lowest BCUT2D eigenvalue weighted by molar-refractivity contribution is -0.0544. The maximum absolute atomic E-state index is 8.72. The van der Waals surface area contributed by atoms with Gasteiger partial charge in [0, 0.05) is 19.7 Å². The van der Waals surface area contributed by atoms with Crippen LogP contribution < -0.4 is 4.90 Å². The van der Waals surface area contributed by atoms with Crippen molar-refractivity contribution < 1.29 is 9.47 Å². The smallest absolute Gasteiger partial charge is 0.163 e. The molecule has 0 aromatic carbocycles. The third kappa shape index (κ3) is 2.67. The Bertz CT molecular complexity index is 465. The van der Waals surface area contributed by atoms with Gasteiger partial charge in [0.05, 0.1) is 12.7 Å². The summed E-state index contributed by atoms with van der Waals surface area (Å²) >= 11 is 0. The fourth-order valence-electron chi connectivity index (χ4n) is 2.56. The summed E-state index contributed by atoms with van der Waals surface area (Å²) < 4.78 is 11.5. The average Bonchev–Trinajstić information content (AvgIpc) is 3.02. The molecule has 0 amide bonds.